The van der Waals surface area contributed by atoms with Crippen molar-refractivity contribution in [1.29, 1.82) is 0 Å². The van der Waals surface area contributed by atoms with Crippen molar-refractivity contribution in [3.63, 3.8) is 0 Å². The van der Waals surface area contributed by atoms with Gasteiger partial charge in [-0.1, -0.05) is 36.4 Å². The van der Waals surface area contributed by atoms with E-state index in [1.54, 1.807) is 12.4 Å². The van der Waals surface area contributed by atoms with Crippen LogP contribution in [-0.2, 0) is 12.4 Å². The lowest BCUT2D eigenvalue weighted by Gasteiger charge is -2.07. The third-order valence-electron chi connectivity index (χ3n) is 6.17. The highest BCUT2D eigenvalue weighted by Crippen LogP contribution is 2.43. The van der Waals surface area contributed by atoms with Gasteiger partial charge in [-0.3, -0.25) is 8.80 Å². The smallest absolute Gasteiger partial charge is 0.299 e. The Bertz CT molecular complexity index is 1690. The van der Waals surface area contributed by atoms with E-state index in [1.807, 2.05) is 45.2 Å². The lowest BCUT2D eigenvalue weighted by atomic mass is 10.1. The van der Waals surface area contributed by atoms with E-state index in [1.165, 1.54) is 45.9 Å². The van der Waals surface area contributed by atoms with Crippen molar-refractivity contribution in [2.24, 2.45) is 0 Å². The van der Waals surface area contributed by atoms with Gasteiger partial charge in [-0.05, 0) is 70.1 Å². The summed E-state index contributed by atoms with van der Waals surface area (Å²) in [4.78, 5) is 9.45. The molecule has 202 valence electrons. The van der Waals surface area contributed by atoms with Crippen molar-refractivity contribution in [1.82, 2.24) is 18.8 Å². The number of halogens is 6. The zero-order chi connectivity index (χ0) is 28.1. The highest BCUT2D eigenvalue weighted by molar-refractivity contribution is 8.76. The molecule has 0 aliphatic carbocycles. The van der Waals surface area contributed by atoms with E-state index in [2.05, 4.69) is 0 Å². The molecule has 0 amide bonds. The number of hydrogen-bond acceptors (Lipinski definition) is 4. The predicted molar refractivity (Wildman–Crippen MR) is 143 cm³/mol. The molecule has 0 saturated heterocycles. The van der Waals surface area contributed by atoms with Gasteiger partial charge in [0.15, 0.2) is 0 Å². The Hall–Kier alpha value is -3.90. The Morgan fingerprint density at radius 2 is 0.875 bits per heavy atom. The van der Waals surface area contributed by atoms with E-state index in [0.717, 1.165) is 35.3 Å². The molecule has 6 rings (SSSR count). The van der Waals surface area contributed by atoms with Crippen molar-refractivity contribution in [3.05, 3.63) is 108 Å². The number of rotatable bonds is 5. The molecule has 6 aromatic rings. The van der Waals surface area contributed by atoms with Gasteiger partial charge in [-0.25, -0.2) is 9.97 Å². The lowest BCUT2D eigenvalue weighted by molar-refractivity contribution is -0.138. The van der Waals surface area contributed by atoms with Crippen LogP contribution in [0.4, 0.5) is 26.3 Å². The average molecular weight is 587 g/mol. The maximum Gasteiger partial charge on any atom is 0.416 e. The molecule has 0 N–H and O–H groups in total. The van der Waals surface area contributed by atoms with Crippen LogP contribution in [0.2, 0.25) is 0 Å². The molecule has 4 aromatic heterocycles. The van der Waals surface area contributed by atoms with Crippen molar-refractivity contribution in [3.8, 4) is 22.8 Å². The number of benzene rings is 2. The number of hydrogen-bond donors (Lipinski definition) is 0. The Morgan fingerprint density at radius 1 is 0.500 bits per heavy atom. The maximum atomic E-state index is 13.0. The normalized spacial score (nSPS) is 12.4. The Labute approximate surface area is 231 Å². The molecule has 0 unspecified atom stereocenters. The first-order chi connectivity index (χ1) is 19.1. The zero-order valence-corrected chi connectivity index (χ0v) is 21.7. The summed E-state index contributed by atoms with van der Waals surface area (Å²) in [5.74, 6) is 0.986. The second-order valence-corrected chi connectivity index (χ2v) is 10.8. The Morgan fingerprint density at radius 3 is 1.23 bits per heavy atom. The van der Waals surface area contributed by atoms with E-state index in [4.69, 9.17) is 9.97 Å². The van der Waals surface area contributed by atoms with Crippen LogP contribution in [0.1, 0.15) is 11.1 Å². The number of nitrogens with zero attached hydrogens (tertiary/aromatic N) is 4. The van der Waals surface area contributed by atoms with Gasteiger partial charge in [-0.15, -0.1) is 0 Å². The summed E-state index contributed by atoms with van der Waals surface area (Å²) in [5.41, 5.74) is 1.12. The van der Waals surface area contributed by atoms with Gasteiger partial charge in [0, 0.05) is 23.5 Å². The molecule has 0 fully saturated rings. The van der Waals surface area contributed by atoms with E-state index < -0.39 is 23.5 Å². The molecule has 4 nitrogen and oxygen atoms in total. The first-order valence-corrected chi connectivity index (χ1v) is 13.9. The van der Waals surface area contributed by atoms with Crippen LogP contribution < -0.4 is 0 Å². The average Bonchev–Trinajstić information content (AvgIpc) is 3.50. The summed E-state index contributed by atoms with van der Waals surface area (Å²) in [6.07, 6.45) is -5.29. The van der Waals surface area contributed by atoms with Crippen LogP contribution in [0.15, 0.2) is 107 Å². The van der Waals surface area contributed by atoms with Crippen LogP contribution in [0.5, 0.6) is 0 Å². The van der Waals surface area contributed by atoms with E-state index >= 15 is 0 Å². The first-order valence-electron chi connectivity index (χ1n) is 11.7. The van der Waals surface area contributed by atoms with Gasteiger partial charge in [-0.2, -0.15) is 26.3 Å². The zero-order valence-electron chi connectivity index (χ0n) is 20.1. The molecule has 0 atom stereocenters. The summed E-state index contributed by atoms with van der Waals surface area (Å²) in [7, 11) is 2.67. The number of pyridine rings is 2. The van der Waals surface area contributed by atoms with Crippen molar-refractivity contribution in [2.75, 3.05) is 0 Å². The molecule has 0 bridgehead atoms. The topological polar surface area (TPSA) is 34.6 Å². The van der Waals surface area contributed by atoms with Gasteiger partial charge in [0.1, 0.15) is 21.7 Å². The van der Waals surface area contributed by atoms with Gasteiger partial charge >= 0.3 is 12.4 Å². The number of aromatic nitrogens is 4. The standard InChI is InChI=1S/C28H16F6N4S2/c29-27(30,31)19-11-7-17(8-12-19)23-35-25(21-5-1-3-15-37(21)23)39-40-26-22-6-2-4-16-38(22)24(36-26)18-9-13-20(14-10-18)28(32,33)34/h1-16H. The lowest BCUT2D eigenvalue weighted by Crippen LogP contribution is -2.04. The highest BCUT2D eigenvalue weighted by Gasteiger charge is 2.31. The molecular formula is C28H16F6N4S2. The second-order valence-electron chi connectivity index (χ2n) is 8.71. The SMILES string of the molecule is FC(F)(F)c1ccc(-c2nc(SSc3nc(-c4ccc(C(F)(F)F)cc4)n4ccccc34)c3ccccn23)cc1. The first kappa shape index (κ1) is 26.3. The van der Waals surface area contributed by atoms with E-state index in [0.29, 0.717) is 32.8 Å². The van der Waals surface area contributed by atoms with Crippen molar-refractivity contribution >= 4 is 32.6 Å². The molecule has 0 aliphatic rings. The molecule has 12 heteroatoms. The third-order valence-corrected chi connectivity index (χ3v) is 8.37. The second kappa shape index (κ2) is 9.93. The van der Waals surface area contributed by atoms with Gasteiger partial charge < -0.3 is 0 Å². The van der Waals surface area contributed by atoms with Gasteiger partial charge in [0.25, 0.3) is 0 Å². The summed E-state index contributed by atoms with van der Waals surface area (Å²) in [6, 6.07) is 20.7. The van der Waals surface area contributed by atoms with Crippen LogP contribution in [0.25, 0.3) is 33.8 Å². The van der Waals surface area contributed by atoms with Crippen molar-refractivity contribution in [2.45, 2.75) is 22.4 Å². The summed E-state index contributed by atoms with van der Waals surface area (Å²) >= 11 is 0. The fraction of sp³-hybridized carbons (Fsp3) is 0.0714. The monoisotopic (exact) mass is 586 g/mol. The molecule has 2 aromatic carbocycles. The predicted octanol–water partition coefficient (Wildman–Crippen LogP) is 9.15. The molecular weight excluding hydrogens is 570 g/mol. The van der Waals surface area contributed by atoms with Crippen LogP contribution >= 0.6 is 21.6 Å². The van der Waals surface area contributed by atoms with Crippen molar-refractivity contribution < 1.29 is 26.3 Å². The van der Waals surface area contributed by atoms with E-state index in [9.17, 15) is 26.3 Å². The van der Waals surface area contributed by atoms with Gasteiger partial charge in [0.2, 0.25) is 0 Å². The van der Waals surface area contributed by atoms with E-state index in [-0.39, 0.29) is 0 Å². The summed E-state index contributed by atoms with van der Waals surface area (Å²) < 4.78 is 81.9. The molecule has 0 spiro atoms. The Kier molecular flexibility index (Phi) is 6.54. The highest BCUT2D eigenvalue weighted by atomic mass is 33.1. The molecule has 0 aliphatic heterocycles. The molecule has 4 heterocycles. The molecule has 0 radical (unpaired) electrons. The fourth-order valence-electron chi connectivity index (χ4n) is 4.24. The van der Waals surface area contributed by atoms with Gasteiger partial charge in [0.05, 0.1) is 22.2 Å². The van der Waals surface area contributed by atoms with Crippen LogP contribution in [-0.4, -0.2) is 18.8 Å². The fourth-order valence-corrected chi connectivity index (χ4v) is 6.36. The summed E-state index contributed by atoms with van der Waals surface area (Å²) in [6.45, 7) is 0. The van der Waals surface area contributed by atoms with Crippen LogP contribution in [0.3, 0.4) is 0 Å². The summed E-state index contributed by atoms with van der Waals surface area (Å²) in [5, 5.41) is 1.27. The number of fused-ring (bicyclic) bond motifs is 2. The quantitative estimate of drug-likeness (QED) is 0.149. The molecule has 40 heavy (non-hydrogen) atoms. The molecule has 0 saturated carbocycles. The third kappa shape index (κ3) is 4.92. The van der Waals surface area contributed by atoms with Crippen LogP contribution in [0, 0.1) is 0 Å². The minimum absolute atomic E-state index is 0.493. The Balaban J connectivity index is 1.33. The minimum atomic E-state index is -4.43. The largest absolute Gasteiger partial charge is 0.416 e. The number of imidazole rings is 2. The number of alkyl halides is 6. The maximum absolute atomic E-state index is 13.0. The minimum Gasteiger partial charge on any atom is -0.299 e.